The number of unbranched alkanes of at least 4 members (excludes halogenated alkanes) is 1. The SMILES string of the molecule is CC(C)(C)C(=O)NCCCCc1ccc(F)cc1F.[Ti]. The van der Waals surface area contributed by atoms with Crippen LogP contribution in [0.5, 0.6) is 0 Å². The number of benzene rings is 1. The van der Waals surface area contributed by atoms with Crippen molar-refractivity contribution in [3.05, 3.63) is 35.4 Å². The molecular weight excluding hydrogens is 296 g/mol. The maximum absolute atomic E-state index is 13.3. The van der Waals surface area contributed by atoms with Gasteiger partial charge in [0.05, 0.1) is 0 Å². The molecule has 0 aliphatic heterocycles. The van der Waals surface area contributed by atoms with E-state index in [1.807, 2.05) is 20.8 Å². The molecule has 5 heteroatoms. The Morgan fingerprint density at radius 3 is 2.40 bits per heavy atom. The fraction of sp³-hybridized carbons (Fsp3) is 0.533. The summed E-state index contributed by atoms with van der Waals surface area (Å²) < 4.78 is 26.0. The van der Waals surface area contributed by atoms with Crippen LogP contribution in [0.25, 0.3) is 0 Å². The van der Waals surface area contributed by atoms with Crippen LogP contribution in [0.3, 0.4) is 0 Å². The van der Waals surface area contributed by atoms with Gasteiger partial charge in [-0.2, -0.15) is 0 Å². The Balaban J connectivity index is 0.00000361. The molecule has 0 heterocycles. The third-order valence-corrected chi connectivity index (χ3v) is 2.85. The third-order valence-electron chi connectivity index (χ3n) is 2.85. The summed E-state index contributed by atoms with van der Waals surface area (Å²) in [7, 11) is 0. The first-order valence-electron chi connectivity index (χ1n) is 6.53. The Labute approximate surface area is 134 Å². The molecule has 0 bridgehead atoms. The van der Waals surface area contributed by atoms with E-state index in [4.69, 9.17) is 0 Å². The first-order chi connectivity index (χ1) is 8.80. The van der Waals surface area contributed by atoms with E-state index in [9.17, 15) is 13.6 Å². The molecule has 0 aromatic heterocycles. The molecule has 20 heavy (non-hydrogen) atoms. The number of nitrogens with one attached hydrogen (secondary N) is 1. The second-order valence-electron chi connectivity index (χ2n) is 5.70. The summed E-state index contributed by atoms with van der Waals surface area (Å²) >= 11 is 0. The zero-order valence-electron chi connectivity index (χ0n) is 12.2. The van der Waals surface area contributed by atoms with Crippen molar-refractivity contribution in [3.8, 4) is 0 Å². The van der Waals surface area contributed by atoms with Gasteiger partial charge in [0, 0.05) is 39.7 Å². The molecule has 0 fully saturated rings. The standard InChI is InChI=1S/C15H21F2NO.Ti/c1-15(2,3)14(19)18-9-5-4-6-11-7-8-12(16)10-13(11)17;/h7-8,10H,4-6,9H2,1-3H3,(H,18,19);. The minimum atomic E-state index is -0.557. The molecule has 0 spiro atoms. The molecule has 0 saturated heterocycles. The number of rotatable bonds is 5. The van der Waals surface area contributed by atoms with Gasteiger partial charge in [-0.1, -0.05) is 26.8 Å². The molecule has 0 radical (unpaired) electrons. The van der Waals surface area contributed by atoms with Crippen LogP contribution in [0.15, 0.2) is 18.2 Å². The Hall–Kier alpha value is -0.736. The molecule has 0 aliphatic rings. The molecule has 1 aromatic rings. The predicted octanol–water partition coefficient (Wildman–Crippen LogP) is 3.45. The molecule has 0 unspecified atom stereocenters. The normalized spacial score (nSPS) is 10.8. The summed E-state index contributed by atoms with van der Waals surface area (Å²) in [5.41, 5.74) is 0.131. The minimum Gasteiger partial charge on any atom is -0.356 e. The van der Waals surface area contributed by atoms with Crippen molar-refractivity contribution >= 4 is 5.91 Å². The van der Waals surface area contributed by atoms with Gasteiger partial charge in [-0.05, 0) is 30.9 Å². The van der Waals surface area contributed by atoms with E-state index in [1.54, 1.807) is 0 Å². The molecule has 0 aliphatic carbocycles. The van der Waals surface area contributed by atoms with Crippen LogP contribution in [0.1, 0.15) is 39.2 Å². The maximum atomic E-state index is 13.3. The molecular formula is C15H21F2NOTi. The number of carbonyl (C=O) groups excluding carboxylic acids is 1. The summed E-state index contributed by atoms with van der Waals surface area (Å²) in [6, 6.07) is 3.63. The minimum absolute atomic E-state index is 0. The topological polar surface area (TPSA) is 29.1 Å². The first-order valence-corrected chi connectivity index (χ1v) is 6.53. The van der Waals surface area contributed by atoms with E-state index in [2.05, 4.69) is 5.32 Å². The number of aryl methyl sites for hydroxylation is 1. The van der Waals surface area contributed by atoms with Gasteiger partial charge < -0.3 is 5.32 Å². The maximum Gasteiger partial charge on any atom is 0.225 e. The van der Waals surface area contributed by atoms with Crippen LogP contribution >= 0.6 is 0 Å². The number of carbonyl (C=O) groups is 1. The summed E-state index contributed by atoms with van der Waals surface area (Å²) in [6.07, 6.45) is 2.09. The van der Waals surface area contributed by atoms with E-state index in [1.165, 1.54) is 12.1 Å². The second kappa shape index (κ2) is 8.53. The molecule has 0 saturated carbocycles. The summed E-state index contributed by atoms with van der Waals surface area (Å²) in [5.74, 6) is -1.04. The summed E-state index contributed by atoms with van der Waals surface area (Å²) in [6.45, 7) is 6.15. The van der Waals surface area contributed by atoms with Gasteiger partial charge in [0.15, 0.2) is 0 Å². The van der Waals surface area contributed by atoms with Gasteiger partial charge >= 0.3 is 0 Å². The Morgan fingerprint density at radius 2 is 1.85 bits per heavy atom. The van der Waals surface area contributed by atoms with Crippen molar-refractivity contribution in [2.24, 2.45) is 5.41 Å². The monoisotopic (exact) mass is 317 g/mol. The largest absolute Gasteiger partial charge is 0.356 e. The number of amides is 1. The van der Waals surface area contributed by atoms with Crippen molar-refractivity contribution in [1.29, 1.82) is 0 Å². The number of hydrogen-bond acceptors (Lipinski definition) is 1. The van der Waals surface area contributed by atoms with Crippen LogP contribution in [0.4, 0.5) is 8.78 Å². The summed E-state index contributed by atoms with van der Waals surface area (Å²) in [5, 5.41) is 2.84. The van der Waals surface area contributed by atoms with Crippen LogP contribution < -0.4 is 5.32 Å². The van der Waals surface area contributed by atoms with E-state index < -0.39 is 11.6 Å². The average Bonchev–Trinajstić information content (AvgIpc) is 2.29. The fourth-order valence-corrected chi connectivity index (χ4v) is 1.63. The van der Waals surface area contributed by atoms with Gasteiger partial charge in [0.25, 0.3) is 0 Å². The average molecular weight is 317 g/mol. The van der Waals surface area contributed by atoms with Crippen molar-refractivity contribution in [2.75, 3.05) is 6.54 Å². The van der Waals surface area contributed by atoms with Crippen molar-refractivity contribution in [2.45, 2.75) is 40.0 Å². The Kier molecular flexibility index (Phi) is 8.22. The van der Waals surface area contributed by atoms with E-state index in [-0.39, 0.29) is 33.0 Å². The van der Waals surface area contributed by atoms with E-state index >= 15 is 0 Å². The zero-order valence-corrected chi connectivity index (χ0v) is 13.8. The van der Waals surface area contributed by atoms with Gasteiger partial charge in [-0.15, -0.1) is 0 Å². The quantitative estimate of drug-likeness (QED) is 0.654. The Morgan fingerprint density at radius 1 is 1.20 bits per heavy atom. The molecule has 110 valence electrons. The van der Waals surface area contributed by atoms with Gasteiger partial charge in [0.1, 0.15) is 11.6 Å². The molecule has 1 aromatic carbocycles. The van der Waals surface area contributed by atoms with Gasteiger partial charge in [0.2, 0.25) is 5.91 Å². The van der Waals surface area contributed by atoms with Gasteiger partial charge in [-0.25, -0.2) is 8.78 Å². The van der Waals surface area contributed by atoms with Crippen LogP contribution in [-0.4, -0.2) is 12.5 Å². The third kappa shape index (κ3) is 6.62. The van der Waals surface area contributed by atoms with Crippen molar-refractivity contribution < 1.29 is 35.3 Å². The molecule has 1 rings (SSSR count). The van der Waals surface area contributed by atoms with Crippen LogP contribution in [0.2, 0.25) is 0 Å². The molecule has 0 atom stereocenters. The first kappa shape index (κ1) is 19.3. The molecule has 1 N–H and O–H groups in total. The molecule has 2 nitrogen and oxygen atoms in total. The summed E-state index contributed by atoms with van der Waals surface area (Å²) in [4.78, 5) is 11.6. The molecule has 1 amide bonds. The number of halogens is 2. The van der Waals surface area contributed by atoms with E-state index in [0.29, 0.717) is 18.5 Å². The second-order valence-corrected chi connectivity index (χ2v) is 5.70. The Bertz CT molecular complexity index is 444. The van der Waals surface area contributed by atoms with Crippen LogP contribution in [0, 0.1) is 17.0 Å². The fourth-order valence-electron chi connectivity index (χ4n) is 1.63. The zero-order chi connectivity index (χ0) is 14.5. The van der Waals surface area contributed by atoms with Crippen molar-refractivity contribution in [1.82, 2.24) is 5.32 Å². The predicted molar refractivity (Wildman–Crippen MR) is 71.8 cm³/mol. The smallest absolute Gasteiger partial charge is 0.225 e. The van der Waals surface area contributed by atoms with Gasteiger partial charge in [-0.3, -0.25) is 4.79 Å². The van der Waals surface area contributed by atoms with E-state index in [0.717, 1.165) is 18.9 Å². The number of hydrogen-bond donors (Lipinski definition) is 1. The van der Waals surface area contributed by atoms with Crippen LogP contribution in [-0.2, 0) is 32.9 Å². The van der Waals surface area contributed by atoms with Crippen molar-refractivity contribution in [3.63, 3.8) is 0 Å².